The fraction of sp³-hybridized carbons (Fsp3) is 0.303. The van der Waals surface area contributed by atoms with Crippen LogP contribution in [0.3, 0.4) is 0 Å². The first-order chi connectivity index (χ1) is 19.4. The Morgan fingerprint density at radius 3 is 2.50 bits per heavy atom. The normalized spacial score (nSPS) is 18.3. The highest BCUT2D eigenvalue weighted by atomic mass is 16.2. The molecule has 2 aliphatic rings. The molecule has 2 aliphatic heterocycles. The van der Waals surface area contributed by atoms with Gasteiger partial charge >= 0.3 is 0 Å². The van der Waals surface area contributed by atoms with Gasteiger partial charge in [0.25, 0.3) is 5.91 Å². The molecule has 0 spiro atoms. The Labute approximate surface area is 234 Å². The van der Waals surface area contributed by atoms with Crippen LogP contribution in [0.5, 0.6) is 0 Å². The van der Waals surface area contributed by atoms with Crippen molar-refractivity contribution in [1.29, 1.82) is 0 Å². The monoisotopic (exact) mass is 534 g/mol. The van der Waals surface area contributed by atoms with E-state index in [9.17, 15) is 14.4 Å². The van der Waals surface area contributed by atoms with Gasteiger partial charge in [-0.2, -0.15) is 0 Å². The van der Waals surface area contributed by atoms with E-state index < -0.39 is 12.1 Å². The number of carbonyl (C=O) groups excluding carboxylic acids is 3. The maximum atomic E-state index is 14.0. The van der Waals surface area contributed by atoms with Crippen LogP contribution in [0.2, 0.25) is 0 Å². The molecule has 6 rings (SSSR count). The van der Waals surface area contributed by atoms with Crippen molar-refractivity contribution in [2.24, 2.45) is 5.92 Å². The molecule has 7 nitrogen and oxygen atoms in total. The second-order valence-electron chi connectivity index (χ2n) is 11.2. The minimum Gasteiger partial charge on any atom is -0.356 e. The molecule has 4 aromatic rings. The Balaban J connectivity index is 1.27. The molecule has 0 fully saturated rings. The molecule has 0 saturated carbocycles. The summed E-state index contributed by atoms with van der Waals surface area (Å²) in [6.07, 6.45) is 1.60. The number of carbonyl (C=O) groups is 3. The Hall–Kier alpha value is -4.39. The van der Waals surface area contributed by atoms with Crippen molar-refractivity contribution in [1.82, 2.24) is 20.5 Å². The highest BCUT2D eigenvalue weighted by molar-refractivity contribution is 6.04. The van der Waals surface area contributed by atoms with Crippen molar-refractivity contribution in [2.75, 3.05) is 6.54 Å². The number of benzene rings is 3. The fourth-order valence-electron chi connectivity index (χ4n) is 6.21. The second-order valence-corrected chi connectivity index (χ2v) is 11.2. The number of hydrogen-bond donors (Lipinski definition) is 3. The number of fused-ring (bicyclic) bond motifs is 7. The number of nitrogens with one attached hydrogen (secondary N) is 3. The lowest BCUT2D eigenvalue weighted by Crippen LogP contribution is -2.56. The third kappa shape index (κ3) is 4.66. The molecule has 40 heavy (non-hydrogen) atoms. The van der Waals surface area contributed by atoms with E-state index in [1.54, 1.807) is 4.90 Å². The van der Waals surface area contributed by atoms with Gasteiger partial charge < -0.3 is 20.5 Å². The first-order valence-electron chi connectivity index (χ1n) is 14.1. The highest BCUT2D eigenvalue weighted by Crippen LogP contribution is 2.46. The van der Waals surface area contributed by atoms with Crippen LogP contribution >= 0.6 is 0 Å². The number of H-pyrrole nitrogens is 1. The summed E-state index contributed by atoms with van der Waals surface area (Å²) in [5, 5.41) is 7.11. The van der Waals surface area contributed by atoms with Crippen LogP contribution in [-0.4, -0.2) is 46.2 Å². The van der Waals surface area contributed by atoms with Crippen LogP contribution in [0, 0.1) is 5.92 Å². The zero-order valence-electron chi connectivity index (χ0n) is 22.8. The van der Waals surface area contributed by atoms with E-state index in [1.165, 1.54) is 0 Å². The van der Waals surface area contributed by atoms with E-state index >= 15 is 0 Å². The Morgan fingerprint density at radius 2 is 1.70 bits per heavy atom. The summed E-state index contributed by atoms with van der Waals surface area (Å²) in [5.74, 6) is -0.458. The van der Waals surface area contributed by atoms with Crippen molar-refractivity contribution in [3.8, 4) is 0 Å². The van der Waals surface area contributed by atoms with Gasteiger partial charge in [0.1, 0.15) is 12.1 Å². The Kier molecular flexibility index (Phi) is 6.88. The second kappa shape index (κ2) is 10.6. The van der Waals surface area contributed by atoms with Gasteiger partial charge in [0, 0.05) is 35.1 Å². The van der Waals surface area contributed by atoms with Gasteiger partial charge in [-0.1, -0.05) is 80.6 Å². The predicted octanol–water partition coefficient (Wildman–Crippen LogP) is 4.53. The van der Waals surface area contributed by atoms with Gasteiger partial charge in [-0.3, -0.25) is 14.4 Å². The van der Waals surface area contributed by atoms with Crippen LogP contribution < -0.4 is 10.6 Å². The molecule has 3 amide bonds. The molecule has 3 heterocycles. The maximum Gasteiger partial charge on any atom is 0.255 e. The predicted molar refractivity (Wildman–Crippen MR) is 155 cm³/mol. The molecule has 3 aromatic carbocycles. The molecule has 3 atom stereocenters. The fourth-order valence-corrected chi connectivity index (χ4v) is 6.21. The van der Waals surface area contributed by atoms with Crippen molar-refractivity contribution < 1.29 is 14.4 Å². The van der Waals surface area contributed by atoms with Gasteiger partial charge in [-0.15, -0.1) is 0 Å². The van der Waals surface area contributed by atoms with Crippen LogP contribution in [0.1, 0.15) is 59.1 Å². The number of hydrogen-bond acceptors (Lipinski definition) is 3. The summed E-state index contributed by atoms with van der Waals surface area (Å²) in [6, 6.07) is 23.8. The average molecular weight is 535 g/mol. The van der Waals surface area contributed by atoms with E-state index in [0.29, 0.717) is 31.4 Å². The number of aromatic amines is 1. The molecular formula is C33H34N4O3. The van der Waals surface area contributed by atoms with E-state index in [-0.39, 0.29) is 29.7 Å². The Bertz CT molecular complexity index is 1580. The third-order valence-corrected chi connectivity index (χ3v) is 8.05. The smallest absolute Gasteiger partial charge is 0.255 e. The lowest BCUT2D eigenvalue weighted by Gasteiger charge is -2.37. The zero-order valence-corrected chi connectivity index (χ0v) is 22.8. The molecule has 0 unspecified atom stereocenters. The lowest BCUT2D eigenvalue weighted by atomic mass is 9.89. The number of amides is 3. The van der Waals surface area contributed by atoms with Gasteiger partial charge in [-0.25, -0.2) is 0 Å². The van der Waals surface area contributed by atoms with E-state index in [4.69, 9.17) is 0 Å². The quantitative estimate of drug-likeness (QED) is 0.310. The summed E-state index contributed by atoms with van der Waals surface area (Å²) in [6.45, 7) is 4.55. The summed E-state index contributed by atoms with van der Waals surface area (Å²) < 4.78 is 0. The van der Waals surface area contributed by atoms with Gasteiger partial charge in [0.05, 0.1) is 6.04 Å². The third-order valence-electron chi connectivity index (χ3n) is 8.05. The molecule has 3 N–H and O–H groups in total. The summed E-state index contributed by atoms with van der Waals surface area (Å²) in [5.41, 5.74) is 5.66. The van der Waals surface area contributed by atoms with Crippen molar-refractivity contribution >= 4 is 28.6 Å². The van der Waals surface area contributed by atoms with Crippen LogP contribution in [0.4, 0.5) is 0 Å². The first kappa shape index (κ1) is 25.9. The number of rotatable bonds is 8. The van der Waals surface area contributed by atoms with E-state index in [2.05, 4.69) is 21.7 Å². The summed E-state index contributed by atoms with van der Waals surface area (Å²) >= 11 is 0. The molecule has 0 bridgehead atoms. The molecule has 1 aromatic heterocycles. The maximum absolute atomic E-state index is 14.0. The number of para-hydroxylation sites is 1. The minimum atomic E-state index is -0.733. The lowest BCUT2D eigenvalue weighted by molar-refractivity contribution is -0.132. The molecule has 0 saturated heterocycles. The SMILES string of the molecule is CC(C)C[C@H](NC(=O)[C@@H]1Cc2c([nH]c3ccccc23)[C@H]2c3ccccc3C(=O)N21)C(=O)NCCc1ccccc1. The summed E-state index contributed by atoms with van der Waals surface area (Å²) in [4.78, 5) is 46.2. The molecule has 7 heteroatoms. The van der Waals surface area contributed by atoms with Gasteiger partial charge in [-0.05, 0) is 47.6 Å². The topological polar surface area (TPSA) is 94.3 Å². The van der Waals surface area contributed by atoms with Crippen LogP contribution in [0.25, 0.3) is 10.9 Å². The standard InChI is InChI=1S/C33H34N4O3/c1-20(2)18-27(31(38)34-17-16-21-10-4-3-5-11-21)36-32(39)28-19-25-22-12-8-9-15-26(22)35-29(25)30-23-13-6-7-14-24(23)33(40)37(28)30/h3-15,20,27-28,30,35H,16-19H2,1-2H3,(H,34,38)(H,36,39)/t27-,28-,30+/m0/s1. The average Bonchev–Trinajstić information content (AvgIpc) is 3.48. The van der Waals surface area contributed by atoms with Gasteiger partial charge in [0.2, 0.25) is 11.8 Å². The minimum absolute atomic E-state index is 0.155. The zero-order chi connectivity index (χ0) is 27.8. The van der Waals surface area contributed by atoms with Crippen molar-refractivity contribution in [3.63, 3.8) is 0 Å². The molecule has 0 radical (unpaired) electrons. The van der Waals surface area contributed by atoms with E-state index in [1.807, 2.05) is 86.6 Å². The Morgan fingerprint density at radius 1 is 0.975 bits per heavy atom. The molecule has 0 aliphatic carbocycles. The molecular weight excluding hydrogens is 500 g/mol. The van der Waals surface area contributed by atoms with Crippen molar-refractivity contribution in [3.05, 3.63) is 107 Å². The first-order valence-corrected chi connectivity index (χ1v) is 14.1. The number of aromatic nitrogens is 1. The number of nitrogens with zero attached hydrogens (tertiary/aromatic N) is 1. The van der Waals surface area contributed by atoms with Crippen molar-refractivity contribution in [2.45, 2.75) is 51.2 Å². The van der Waals surface area contributed by atoms with Gasteiger partial charge in [0.15, 0.2) is 0 Å². The van der Waals surface area contributed by atoms with Crippen LogP contribution in [0.15, 0.2) is 78.9 Å². The van der Waals surface area contributed by atoms with E-state index in [0.717, 1.165) is 33.3 Å². The summed E-state index contributed by atoms with van der Waals surface area (Å²) in [7, 11) is 0. The molecule has 204 valence electrons. The highest BCUT2D eigenvalue weighted by Gasteiger charge is 2.49. The largest absolute Gasteiger partial charge is 0.356 e. The van der Waals surface area contributed by atoms with Crippen LogP contribution in [-0.2, 0) is 22.4 Å².